The van der Waals surface area contributed by atoms with Crippen molar-refractivity contribution in [2.24, 2.45) is 5.92 Å². The third kappa shape index (κ3) is 5.03. The molecular weight excluding hydrogens is 404 g/mol. The first kappa shape index (κ1) is 24.3. The molecule has 0 bridgehead atoms. The molecule has 1 heterocycles. The molecule has 0 radical (unpaired) electrons. The SMILES string of the molecule is CCN(CC)C(=O)COC(=O)C1CCN(S(=O)(=O)c2c(C)c(C)cc(C)c2C)CC1. The van der Waals surface area contributed by atoms with Gasteiger partial charge in [-0.25, -0.2) is 8.42 Å². The number of carbonyl (C=O) groups is 2. The quantitative estimate of drug-likeness (QED) is 0.611. The molecule has 0 unspecified atom stereocenters. The van der Waals surface area contributed by atoms with Gasteiger partial charge in [0, 0.05) is 26.2 Å². The standard InChI is InChI=1S/C22H34N2O5S/c1-7-23(8-2)20(25)14-29-22(26)19-9-11-24(12-10-19)30(27,28)21-17(5)15(3)13-16(4)18(21)6/h13,19H,7-12,14H2,1-6H3. The highest BCUT2D eigenvalue weighted by Gasteiger charge is 2.35. The van der Waals surface area contributed by atoms with Crippen LogP contribution in [0.4, 0.5) is 0 Å². The van der Waals surface area contributed by atoms with Gasteiger partial charge in [-0.1, -0.05) is 6.07 Å². The summed E-state index contributed by atoms with van der Waals surface area (Å²) in [6, 6.07) is 2.01. The summed E-state index contributed by atoms with van der Waals surface area (Å²) in [7, 11) is -3.64. The van der Waals surface area contributed by atoms with E-state index in [9.17, 15) is 18.0 Å². The fourth-order valence-electron chi connectivity index (χ4n) is 3.95. The Balaban J connectivity index is 2.04. The summed E-state index contributed by atoms with van der Waals surface area (Å²) >= 11 is 0. The minimum absolute atomic E-state index is 0.214. The van der Waals surface area contributed by atoms with Crippen molar-refractivity contribution in [1.29, 1.82) is 0 Å². The first-order chi connectivity index (χ1) is 14.0. The van der Waals surface area contributed by atoms with E-state index < -0.39 is 16.0 Å². The molecule has 2 rings (SSSR count). The number of rotatable bonds is 7. The molecule has 1 aromatic carbocycles. The Morgan fingerprint density at radius 1 is 1.03 bits per heavy atom. The molecular formula is C22H34N2O5S. The molecule has 168 valence electrons. The molecule has 1 aliphatic heterocycles. The lowest BCUT2D eigenvalue weighted by molar-refractivity contribution is -0.156. The van der Waals surface area contributed by atoms with Gasteiger partial charge < -0.3 is 9.64 Å². The number of esters is 1. The average Bonchev–Trinajstić information content (AvgIpc) is 2.71. The zero-order valence-electron chi connectivity index (χ0n) is 18.9. The predicted octanol–water partition coefficient (Wildman–Crippen LogP) is 2.73. The van der Waals surface area contributed by atoms with Gasteiger partial charge in [-0.3, -0.25) is 9.59 Å². The second kappa shape index (κ2) is 9.92. The molecule has 1 aliphatic rings. The van der Waals surface area contributed by atoms with E-state index >= 15 is 0 Å². The second-order valence-corrected chi connectivity index (χ2v) is 9.82. The second-order valence-electron chi connectivity index (χ2n) is 7.94. The maximum Gasteiger partial charge on any atom is 0.309 e. The van der Waals surface area contributed by atoms with Crippen LogP contribution in [-0.4, -0.2) is 62.3 Å². The Kier molecular flexibility index (Phi) is 8.05. The molecule has 0 atom stereocenters. The van der Waals surface area contributed by atoms with E-state index in [0.717, 1.165) is 22.3 Å². The maximum absolute atomic E-state index is 13.3. The maximum atomic E-state index is 13.3. The Bertz CT molecular complexity index is 872. The largest absolute Gasteiger partial charge is 0.455 e. The minimum atomic E-state index is -3.64. The van der Waals surface area contributed by atoms with Crippen molar-refractivity contribution in [3.8, 4) is 0 Å². The van der Waals surface area contributed by atoms with Crippen LogP contribution in [-0.2, 0) is 24.3 Å². The zero-order chi connectivity index (χ0) is 22.6. The summed E-state index contributed by atoms with van der Waals surface area (Å²) in [6.45, 7) is 12.7. The molecule has 0 aromatic heterocycles. The third-order valence-corrected chi connectivity index (χ3v) is 8.31. The summed E-state index contributed by atoms with van der Waals surface area (Å²) in [5, 5.41) is 0. The lowest BCUT2D eigenvalue weighted by Gasteiger charge is -2.31. The number of likely N-dealkylation sites (N-methyl/N-ethyl adjacent to an activating group) is 1. The van der Waals surface area contributed by atoms with E-state index in [1.54, 1.807) is 4.90 Å². The monoisotopic (exact) mass is 438 g/mol. The third-order valence-electron chi connectivity index (χ3n) is 6.14. The van der Waals surface area contributed by atoms with Crippen LogP contribution >= 0.6 is 0 Å². The van der Waals surface area contributed by atoms with Crippen molar-refractivity contribution >= 4 is 21.9 Å². The van der Waals surface area contributed by atoms with Gasteiger partial charge in [0.25, 0.3) is 5.91 Å². The number of sulfonamides is 1. The predicted molar refractivity (Wildman–Crippen MR) is 116 cm³/mol. The number of benzene rings is 1. The molecule has 30 heavy (non-hydrogen) atoms. The highest BCUT2D eigenvalue weighted by Crippen LogP contribution is 2.31. The van der Waals surface area contributed by atoms with Crippen LogP contribution in [0.2, 0.25) is 0 Å². The molecule has 1 amide bonds. The normalized spacial score (nSPS) is 15.8. The van der Waals surface area contributed by atoms with Gasteiger partial charge in [0.2, 0.25) is 10.0 Å². The van der Waals surface area contributed by atoms with Crippen LogP contribution in [0.1, 0.15) is 48.9 Å². The number of nitrogens with zero attached hydrogens (tertiary/aromatic N) is 2. The van der Waals surface area contributed by atoms with E-state index in [4.69, 9.17) is 4.74 Å². The van der Waals surface area contributed by atoms with E-state index in [1.165, 1.54) is 4.31 Å². The van der Waals surface area contributed by atoms with Crippen LogP contribution in [0.15, 0.2) is 11.0 Å². The Hall–Kier alpha value is -1.93. The molecule has 1 fully saturated rings. The number of piperidine rings is 1. The van der Waals surface area contributed by atoms with Crippen LogP contribution in [0.3, 0.4) is 0 Å². The highest BCUT2D eigenvalue weighted by atomic mass is 32.2. The summed E-state index contributed by atoms with van der Waals surface area (Å²) in [5.41, 5.74) is 3.45. The first-order valence-corrected chi connectivity index (χ1v) is 12.0. The Morgan fingerprint density at radius 2 is 1.53 bits per heavy atom. The number of amides is 1. The average molecular weight is 439 g/mol. The topological polar surface area (TPSA) is 84.0 Å². The smallest absolute Gasteiger partial charge is 0.309 e. The number of carbonyl (C=O) groups excluding carboxylic acids is 2. The molecule has 0 saturated carbocycles. The fraction of sp³-hybridized carbons (Fsp3) is 0.636. The molecule has 0 aliphatic carbocycles. The lowest BCUT2D eigenvalue weighted by Crippen LogP contribution is -2.41. The van der Waals surface area contributed by atoms with Crippen molar-refractivity contribution in [2.75, 3.05) is 32.8 Å². The summed E-state index contributed by atoms with van der Waals surface area (Å²) in [5.74, 6) is -1.03. The van der Waals surface area contributed by atoms with Gasteiger partial charge in [-0.2, -0.15) is 4.31 Å². The first-order valence-electron chi connectivity index (χ1n) is 10.6. The van der Waals surface area contributed by atoms with Gasteiger partial charge in [0.1, 0.15) is 0 Å². The summed E-state index contributed by atoms with van der Waals surface area (Å²) < 4.78 is 33.3. The number of ether oxygens (including phenoxy) is 1. The van der Waals surface area contributed by atoms with Crippen molar-refractivity contribution in [2.45, 2.75) is 59.3 Å². The molecule has 0 spiro atoms. The van der Waals surface area contributed by atoms with Crippen molar-refractivity contribution in [3.63, 3.8) is 0 Å². The van der Waals surface area contributed by atoms with Crippen molar-refractivity contribution < 1.29 is 22.7 Å². The Morgan fingerprint density at radius 3 is 2.00 bits per heavy atom. The van der Waals surface area contributed by atoms with Gasteiger partial charge in [0.15, 0.2) is 6.61 Å². The van der Waals surface area contributed by atoms with Crippen LogP contribution in [0.5, 0.6) is 0 Å². The zero-order valence-corrected chi connectivity index (χ0v) is 19.8. The number of hydrogen-bond donors (Lipinski definition) is 0. The van der Waals surface area contributed by atoms with E-state index in [-0.39, 0.29) is 31.5 Å². The van der Waals surface area contributed by atoms with Crippen LogP contribution in [0, 0.1) is 33.6 Å². The highest BCUT2D eigenvalue weighted by molar-refractivity contribution is 7.89. The van der Waals surface area contributed by atoms with Crippen molar-refractivity contribution in [1.82, 2.24) is 9.21 Å². The van der Waals surface area contributed by atoms with E-state index in [2.05, 4.69) is 0 Å². The van der Waals surface area contributed by atoms with Crippen LogP contribution < -0.4 is 0 Å². The molecule has 1 saturated heterocycles. The molecule has 1 aromatic rings. The lowest BCUT2D eigenvalue weighted by atomic mass is 9.98. The molecule has 7 nitrogen and oxygen atoms in total. The number of aryl methyl sites for hydroxylation is 2. The van der Waals surface area contributed by atoms with E-state index in [0.29, 0.717) is 30.8 Å². The Labute approximate surface area is 180 Å². The van der Waals surface area contributed by atoms with Gasteiger partial charge in [0.05, 0.1) is 10.8 Å². The molecule has 0 N–H and O–H groups in total. The summed E-state index contributed by atoms with van der Waals surface area (Å²) in [4.78, 5) is 26.4. The van der Waals surface area contributed by atoms with Gasteiger partial charge in [-0.05, 0) is 76.6 Å². The number of hydrogen-bond acceptors (Lipinski definition) is 5. The molecule has 8 heteroatoms. The van der Waals surface area contributed by atoms with Crippen LogP contribution in [0.25, 0.3) is 0 Å². The van der Waals surface area contributed by atoms with Gasteiger partial charge >= 0.3 is 5.97 Å². The van der Waals surface area contributed by atoms with E-state index in [1.807, 2.05) is 47.6 Å². The summed E-state index contributed by atoms with van der Waals surface area (Å²) in [6.07, 6.45) is 0.779. The van der Waals surface area contributed by atoms with Gasteiger partial charge in [-0.15, -0.1) is 0 Å². The minimum Gasteiger partial charge on any atom is -0.455 e. The fourth-order valence-corrected chi connectivity index (χ4v) is 5.99. The van der Waals surface area contributed by atoms with Crippen molar-refractivity contribution in [3.05, 3.63) is 28.3 Å².